The van der Waals surface area contributed by atoms with Crippen LogP contribution in [0.4, 0.5) is 0 Å². The normalized spacial score (nSPS) is 11.6. The van der Waals surface area contributed by atoms with E-state index in [0.29, 0.717) is 6.54 Å². The van der Waals surface area contributed by atoms with Crippen LogP contribution >= 0.6 is 0 Å². The summed E-state index contributed by atoms with van der Waals surface area (Å²) in [5, 5.41) is 0. The standard InChI is InChI=1S/C14H23NO/c1-10-8-11(2)13(16-5)12(9-10)14(3,4)6-7-15/h8-9H,6-7,15H2,1-5H3. The Kier molecular flexibility index (Phi) is 3.98. The van der Waals surface area contributed by atoms with Gasteiger partial charge in [0.15, 0.2) is 0 Å². The van der Waals surface area contributed by atoms with Crippen molar-refractivity contribution in [1.29, 1.82) is 0 Å². The van der Waals surface area contributed by atoms with Gasteiger partial charge in [-0.15, -0.1) is 0 Å². The SMILES string of the molecule is COc1c(C)cc(C)cc1C(C)(C)CCN. The van der Waals surface area contributed by atoms with Crippen LogP contribution in [0.3, 0.4) is 0 Å². The molecule has 0 fully saturated rings. The molecule has 2 heteroatoms. The molecule has 0 saturated heterocycles. The highest BCUT2D eigenvalue weighted by Gasteiger charge is 2.24. The van der Waals surface area contributed by atoms with Gasteiger partial charge in [0.25, 0.3) is 0 Å². The van der Waals surface area contributed by atoms with Crippen molar-refractivity contribution in [2.75, 3.05) is 13.7 Å². The van der Waals surface area contributed by atoms with E-state index in [1.807, 2.05) is 0 Å². The number of rotatable bonds is 4. The second-order valence-corrected chi connectivity index (χ2v) is 5.09. The highest BCUT2D eigenvalue weighted by Crippen LogP contribution is 2.36. The minimum absolute atomic E-state index is 0.0663. The highest BCUT2D eigenvalue weighted by molar-refractivity contribution is 5.47. The lowest BCUT2D eigenvalue weighted by Crippen LogP contribution is -2.23. The van der Waals surface area contributed by atoms with E-state index < -0.39 is 0 Å². The summed E-state index contributed by atoms with van der Waals surface area (Å²) in [6.45, 7) is 9.35. The second kappa shape index (κ2) is 4.88. The molecular formula is C14H23NO. The van der Waals surface area contributed by atoms with E-state index in [1.165, 1.54) is 16.7 Å². The average molecular weight is 221 g/mol. The van der Waals surface area contributed by atoms with Crippen molar-refractivity contribution in [3.63, 3.8) is 0 Å². The van der Waals surface area contributed by atoms with Gasteiger partial charge in [-0.1, -0.05) is 31.5 Å². The number of nitrogens with two attached hydrogens (primary N) is 1. The first-order chi connectivity index (χ1) is 7.42. The number of methoxy groups -OCH3 is 1. The minimum atomic E-state index is 0.0663. The van der Waals surface area contributed by atoms with Crippen LogP contribution in [0.25, 0.3) is 0 Å². The molecule has 0 spiro atoms. The first kappa shape index (κ1) is 13.0. The van der Waals surface area contributed by atoms with E-state index in [4.69, 9.17) is 10.5 Å². The summed E-state index contributed by atoms with van der Waals surface area (Å²) in [6, 6.07) is 4.36. The summed E-state index contributed by atoms with van der Waals surface area (Å²) in [5.74, 6) is 1.00. The maximum absolute atomic E-state index is 5.68. The van der Waals surface area contributed by atoms with Crippen molar-refractivity contribution in [3.8, 4) is 5.75 Å². The van der Waals surface area contributed by atoms with Gasteiger partial charge in [-0.05, 0) is 37.8 Å². The molecule has 0 saturated carbocycles. The molecular weight excluding hydrogens is 198 g/mol. The summed E-state index contributed by atoms with van der Waals surface area (Å²) in [7, 11) is 1.74. The number of ether oxygens (including phenoxy) is 1. The van der Waals surface area contributed by atoms with Gasteiger partial charge in [0, 0.05) is 5.56 Å². The summed E-state index contributed by atoms with van der Waals surface area (Å²) in [5.41, 5.74) is 9.48. The zero-order valence-electron chi connectivity index (χ0n) is 11.1. The molecule has 0 aliphatic carbocycles. The molecule has 16 heavy (non-hydrogen) atoms. The molecule has 0 heterocycles. The van der Waals surface area contributed by atoms with Crippen LogP contribution in [0, 0.1) is 13.8 Å². The van der Waals surface area contributed by atoms with E-state index in [2.05, 4.69) is 39.8 Å². The predicted molar refractivity (Wildman–Crippen MR) is 69.2 cm³/mol. The largest absolute Gasteiger partial charge is 0.496 e. The van der Waals surface area contributed by atoms with Gasteiger partial charge >= 0.3 is 0 Å². The van der Waals surface area contributed by atoms with Crippen molar-refractivity contribution < 1.29 is 4.74 Å². The van der Waals surface area contributed by atoms with Crippen LogP contribution in [0.1, 0.15) is 37.0 Å². The Hall–Kier alpha value is -1.02. The van der Waals surface area contributed by atoms with Crippen LogP contribution in [-0.4, -0.2) is 13.7 Å². The first-order valence-electron chi connectivity index (χ1n) is 5.78. The molecule has 90 valence electrons. The Morgan fingerprint density at radius 1 is 1.25 bits per heavy atom. The molecule has 2 N–H and O–H groups in total. The number of benzene rings is 1. The monoisotopic (exact) mass is 221 g/mol. The molecule has 0 aromatic heterocycles. The van der Waals surface area contributed by atoms with Crippen LogP contribution in [0.2, 0.25) is 0 Å². The van der Waals surface area contributed by atoms with Crippen molar-refractivity contribution in [1.82, 2.24) is 0 Å². The molecule has 0 aliphatic heterocycles. The van der Waals surface area contributed by atoms with Crippen LogP contribution < -0.4 is 10.5 Å². The van der Waals surface area contributed by atoms with Gasteiger partial charge < -0.3 is 10.5 Å². The molecule has 0 amide bonds. The van der Waals surface area contributed by atoms with Gasteiger partial charge in [0.2, 0.25) is 0 Å². The Labute approximate surface area is 98.8 Å². The van der Waals surface area contributed by atoms with Crippen LogP contribution in [-0.2, 0) is 5.41 Å². The lowest BCUT2D eigenvalue weighted by atomic mass is 9.79. The summed E-state index contributed by atoms with van der Waals surface area (Å²) >= 11 is 0. The van der Waals surface area contributed by atoms with Gasteiger partial charge in [-0.3, -0.25) is 0 Å². The summed E-state index contributed by atoms with van der Waals surface area (Å²) < 4.78 is 5.52. The Balaban J connectivity index is 3.30. The van der Waals surface area contributed by atoms with Crippen molar-refractivity contribution in [2.45, 2.75) is 39.5 Å². The molecule has 0 aliphatic rings. The minimum Gasteiger partial charge on any atom is -0.496 e. The van der Waals surface area contributed by atoms with Crippen molar-refractivity contribution in [3.05, 3.63) is 28.8 Å². The lowest BCUT2D eigenvalue weighted by molar-refractivity contribution is 0.384. The fraction of sp³-hybridized carbons (Fsp3) is 0.571. The fourth-order valence-corrected chi connectivity index (χ4v) is 2.22. The Morgan fingerprint density at radius 2 is 1.88 bits per heavy atom. The quantitative estimate of drug-likeness (QED) is 0.848. The molecule has 1 rings (SSSR count). The van der Waals surface area contributed by atoms with Crippen molar-refractivity contribution in [2.24, 2.45) is 5.73 Å². The predicted octanol–water partition coefficient (Wildman–Crippen LogP) is 2.94. The highest BCUT2D eigenvalue weighted by atomic mass is 16.5. The molecule has 2 nitrogen and oxygen atoms in total. The topological polar surface area (TPSA) is 35.2 Å². The molecule has 1 aromatic rings. The third-order valence-electron chi connectivity index (χ3n) is 3.12. The van der Waals surface area contributed by atoms with Gasteiger partial charge in [0.1, 0.15) is 5.75 Å². The molecule has 0 bridgehead atoms. The first-order valence-corrected chi connectivity index (χ1v) is 5.78. The third-order valence-corrected chi connectivity index (χ3v) is 3.12. The number of hydrogen-bond donors (Lipinski definition) is 1. The maximum Gasteiger partial charge on any atom is 0.125 e. The zero-order valence-corrected chi connectivity index (χ0v) is 11.1. The smallest absolute Gasteiger partial charge is 0.125 e. The van der Waals surface area contributed by atoms with E-state index in [0.717, 1.165) is 12.2 Å². The zero-order chi connectivity index (χ0) is 12.3. The number of hydrogen-bond acceptors (Lipinski definition) is 2. The molecule has 0 atom stereocenters. The number of aryl methyl sites for hydroxylation is 2. The van der Waals surface area contributed by atoms with E-state index in [-0.39, 0.29) is 5.41 Å². The Morgan fingerprint density at radius 3 is 2.38 bits per heavy atom. The molecule has 1 aromatic carbocycles. The summed E-state index contributed by atoms with van der Waals surface area (Å²) in [4.78, 5) is 0. The van der Waals surface area contributed by atoms with Gasteiger partial charge in [-0.2, -0.15) is 0 Å². The lowest BCUT2D eigenvalue weighted by Gasteiger charge is -2.28. The van der Waals surface area contributed by atoms with Crippen LogP contribution in [0.15, 0.2) is 12.1 Å². The molecule has 0 radical (unpaired) electrons. The third kappa shape index (κ3) is 2.56. The van der Waals surface area contributed by atoms with E-state index in [1.54, 1.807) is 7.11 Å². The van der Waals surface area contributed by atoms with E-state index in [9.17, 15) is 0 Å². The Bertz CT molecular complexity index is 369. The van der Waals surface area contributed by atoms with Crippen LogP contribution in [0.5, 0.6) is 5.75 Å². The maximum atomic E-state index is 5.68. The summed E-state index contributed by atoms with van der Waals surface area (Å²) in [6.07, 6.45) is 0.965. The van der Waals surface area contributed by atoms with Crippen molar-refractivity contribution >= 4 is 0 Å². The second-order valence-electron chi connectivity index (χ2n) is 5.09. The van der Waals surface area contributed by atoms with Gasteiger partial charge in [-0.25, -0.2) is 0 Å². The molecule has 0 unspecified atom stereocenters. The van der Waals surface area contributed by atoms with Gasteiger partial charge in [0.05, 0.1) is 7.11 Å². The fourth-order valence-electron chi connectivity index (χ4n) is 2.22. The average Bonchev–Trinajstić information content (AvgIpc) is 2.16. The van der Waals surface area contributed by atoms with E-state index >= 15 is 0 Å².